The van der Waals surface area contributed by atoms with E-state index >= 15 is 0 Å². The number of allylic oxidation sites excluding steroid dienone is 2. The summed E-state index contributed by atoms with van der Waals surface area (Å²) in [5.41, 5.74) is 0.904. The zero-order valence-electron chi connectivity index (χ0n) is 7.10. The standard InChI is InChI=1S/C8H13NO2/c1-5(2)8-6(3)11-4-7(10)9-8/h5H,4H2,1-3H3,(H,9,10). The van der Waals surface area contributed by atoms with Crippen LogP contribution in [-0.2, 0) is 9.53 Å². The summed E-state index contributed by atoms with van der Waals surface area (Å²) in [6, 6.07) is 0. The summed E-state index contributed by atoms with van der Waals surface area (Å²) < 4.78 is 5.13. The summed E-state index contributed by atoms with van der Waals surface area (Å²) in [6.07, 6.45) is 0. The zero-order chi connectivity index (χ0) is 8.43. The van der Waals surface area contributed by atoms with Crippen LogP contribution in [0, 0.1) is 5.92 Å². The van der Waals surface area contributed by atoms with E-state index in [1.807, 2.05) is 20.8 Å². The molecule has 0 aromatic carbocycles. The Balaban J connectivity index is 2.79. The zero-order valence-corrected chi connectivity index (χ0v) is 7.10. The SMILES string of the molecule is CC1=C(C(C)C)NC(=O)CO1. The molecule has 0 aromatic rings. The van der Waals surface area contributed by atoms with Crippen LogP contribution in [0.25, 0.3) is 0 Å². The van der Waals surface area contributed by atoms with Crippen molar-refractivity contribution in [3.8, 4) is 0 Å². The van der Waals surface area contributed by atoms with Crippen molar-refractivity contribution >= 4 is 5.91 Å². The van der Waals surface area contributed by atoms with Crippen LogP contribution in [0.3, 0.4) is 0 Å². The number of hydrogen-bond donors (Lipinski definition) is 1. The largest absolute Gasteiger partial charge is 0.487 e. The maximum atomic E-state index is 10.9. The Morgan fingerprint density at radius 3 is 2.64 bits per heavy atom. The predicted octanol–water partition coefficient (Wildman–Crippen LogP) is 1.02. The number of carbonyl (C=O) groups is 1. The van der Waals surface area contributed by atoms with Gasteiger partial charge in [-0.05, 0) is 12.8 Å². The minimum absolute atomic E-state index is 0.0562. The van der Waals surface area contributed by atoms with Crippen molar-refractivity contribution in [2.75, 3.05) is 6.61 Å². The van der Waals surface area contributed by atoms with Crippen molar-refractivity contribution in [3.63, 3.8) is 0 Å². The molecule has 0 fully saturated rings. The van der Waals surface area contributed by atoms with Crippen LogP contribution in [0.2, 0.25) is 0 Å². The molecule has 1 rings (SSSR count). The Morgan fingerprint density at radius 1 is 1.55 bits per heavy atom. The molecule has 0 radical (unpaired) electrons. The van der Waals surface area contributed by atoms with Gasteiger partial charge >= 0.3 is 0 Å². The van der Waals surface area contributed by atoms with Gasteiger partial charge in [0.2, 0.25) is 0 Å². The summed E-state index contributed by atoms with van der Waals surface area (Å²) in [7, 11) is 0. The van der Waals surface area contributed by atoms with Gasteiger partial charge in [0, 0.05) is 0 Å². The Bertz CT molecular complexity index is 206. The number of carbonyl (C=O) groups excluding carboxylic acids is 1. The molecule has 1 N–H and O–H groups in total. The van der Waals surface area contributed by atoms with Crippen LogP contribution in [-0.4, -0.2) is 12.5 Å². The number of amides is 1. The fraction of sp³-hybridized carbons (Fsp3) is 0.625. The van der Waals surface area contributed by atoms with Crippen molar-refractivity contribution in [2.45, 2.75) is 20.8 Å². The number of ether oxygens (including phenoxy) is 1. The average Bonchev–Trinajstić information content (AvgIpc) is 1.94. The second-order valence-corrected chi connectivity index (χ2v) is 2.96. The fourth-order valence-electron chi connectivity index (χ4n) is 1.08. The molecule has 0 atom stereocenters. The highest BCUT2D eigenvalue weighted by Crippen LogP contribution is 2.15. The highest BCUT2D eigenvalue weighted by atomic mass is 16.5. The van der Waals surface area contributed by atoms with E-state index in [2.05, 4.69) is 5.32 Å². The number of nitrogens with one attached hydrogen (secondary N) is 1. The van der Waals surface area contributed by atoms with Gasteiger partial charge in [-0.3, -0.25) is 4.79 Å². The highest BCUT2D eigenvalue weighted by molar-refractivity contribution is 5.80. The molecule has 0 saturated heterocycles. The van der Waals surface area contributed by atoms with Crippen LogP contribution < -0.4 is 5.32 Å². The third kappa shape index (κ3) is 1.73. The summed E-state index contributed by atoms with van der Waals surface area (Å²) >= 11 is 0. The molecule has 0 bridgehead atoms. The quantitative estimate of drug-likeness (QED) is 0.614. The van der Waals surface area contributed by atoms with Crippen LogP contribution in [0.5, 0.6) is 0 Å². The van der Waals surface area contributed by atoms with E-state index < -0.39 is 0 Å². The lowest BCUT2D eigenvalue weighted by molar-refractivity contribution is -0.125. The predicted molar refractivity (Wildman–Crippen MR) is 41.6 cm³/mol. The average molecular weight is 155 g/mol. The summed E-state index contributed by atoms with van der Waals surface area (Å²) in [5, 5.41) is 2.78. The second kappa shape index (κ2) is 2.95. The molecule has 1 amide bonds. The maximum absolute atomic E-state index is 10.9. The number of rotatable bonds is 1. The van der Waals surface area contributed by atoms with Crippen molar-refractivity contribution in [2.24, 2.45) is 5.92 Å². The van der Waals surface area contributed by atoms with Gasteiger partial charge in [0.05, 0.1) is 5.70 Å². The van der Waals surface area contributed by atoms with E-state index in [9.17, 15) is 4.79 Å². The molecule has 3 heteroatoms. The van der Waals surface area contributed by atoms with Gasteiger partial charge in [-0.1, -0.05) is 13.8 Å². The lowest BCUT2D eigenvalue weighted by Crippen LogP contribution is -2.34. The summed E-state index contributed by atoms with van der Waals surface area (Å²) in [6.45, 7) is 6.07. The Labute approximate surface area is 66.4 Å². The molecular weight excluding hydrogens is 142 g/mol. The lowest BCUT2D eigenvalue weighted by Gasteiger charge is -2.21. The van der Waals surface area contributed by atoms with Crippen LogP contribution in [0.1, 0.15) is 20.8 Å². The molecule has 1 aliphatic heterocycles. The molecule has 0 unspecified atom stereocenters. The van der Waals surface area contributed by atoms with Crippen molar-refractivity contribution in [1.29, 1.82) is 0 Å². The van der Waals surface area contributed by atoms with Gasteiger partial charge in [0.1, 0.15) is 5.76 Å². The van der Waals surface area contributed by atoms with E-state index in [0.29, 0.717) is 5.92 Å². The molecule has 0 saturated carbocycles. The van der Waals surface area contributed by atoms with E-state index in [0.717, 1.165) is 11.5 Å². The minimum atomic E-state index is -0.0562. The monoisotopic (exact) mass is 155 g/mol. The molecule has 62 valence electrons. The minimum Gasteiger partial charge on any atom is -0.487 e. The smallest absolute Gasteiger partial charge is 0.262 e. The third-order valence-corrected chi connectivity index (χ3v) is 1.65. The Morgan fingerprint density at radius 2 is 2.18 bits per heavy atom. The topological polar surface area (TPSA) is 38.3 Å². The fourth-order valence-corrected chi connectivity index (χ4v) is 1.08. The normalized spacial score (nSPS) is 18.4. The molecule has 1 aliphatic rings. The third-order valence-electron chi connectivity index (χ3n) is 1.65. The van der Waals surface area contributed by atoms with Crippen molar-refractivity contribution in [1.82, 2.24) is 5.32 Å². The van der Waals surface area contributed by atoms with Gasteiger partial charge in [0.25, 0.3) is 5.91 Å². The molecule has 3 nitrogen and oxygen atoms in total. The lowest BCUT2D eigenvalue weighted by atomic mass is 10.1. The highest BCUT2D eigenvalue weighted by Gasteiger charge is 2.17. The molecule has 0 spiro atoms. The summed E-state index contributed by atoms with van der Waals surface area (Å²) in [4.78, 5) is 10.9. The van der Waals surface area contributed by atoms with Gasteiger partial charge in [0.15, 0.2) is 6.61 Å². The van der Waals surface area contributed by atoms with Crippen LogP contribution in [0.15, 0.2) is 11.5 Å². The van der Waals surface area contributed by atoms with E-state index in [4.69, 9.17) is 4.74 Å². The summed E-state index contributed by atoms with van der Waals surface area (Å²) in [5.74, 6) is 1.10. The molecular formula is C8H13NO2. The first-order chi connectivity index (χ1) is 5.11. The number of hydrogen-bond acceptors (Lipinski definition) is 2. The van der Waals surface area contributed by atoms with Gasteiger partial charge in [-0.25, -0.2) is 0 Å². The molecule has 0 aromatic heterocycles. The maximum Gasteiger partial charge on any atom is 0.262 e. The van der Waals surface area contributed by atoms with Crippen molar-refractivity contribution in [3.05, 3.63) is 11.5 Å². The van der Waals surface area contributed by atoms with Crippen LogP contribution in [0.4, 0.5) is 0 Å². The van der Waals surface area contributed by atoms with Gasteiger partial charge in [-0.2, -0.15) is 0 Å². The Hall–Kier alpha value is -0.990. The van der Waals surface area contributed by atoms with Crippen molar-refractivity contribution < 1.29 is 9.53 Å². The first-order valence-electron chi connectivity index (χ1n) is 3.74. The Kier molecular flexibility index (Phi) is 2.17. The molecule has 11 heavy (non-hydrogen) atoms. The van der Waals surface area contributed by atoms with Gasteiger partial charge in [-0.15, -0.1) is 0 Å². The van der Waals surface area contributed by atoms with Crippen LogP contribution >= 0.6 is 0 Å². The van der Waals surface area contributed by atoms with E-state index in [1.165, 1.54) is 0 Å². The first kappa shape index (κ1) is 8.11. The van der Waals surface area contributed by atoms with Gasteiger partial charge < -0.3 is 10.1 Å². The van der Waals surface area contributed by atoms with E-state index in [1.54, 1.807) is 0 Å². The van der Waals surface area contributed by atoms with E-state index in [-0.39, 0.29) is 12.5 Å². The molecule has 1 heterocycles. The first-order valence-corrected chi connectivity index (χ1v) is 3.74. The molecule has 0 aliphatic carbocycles. The second-order valence-electron chi connectivity index (χ2n) is 2.96.